The van der Waals surface area contributed by atoms with Crippen molar-refractivity contribution in [2.24, 2.45) is 16.6 Å². The number of hydrogen-bond donors (Lipinski definition) is 2. The van der Waals surface area contributed by atoms with E-state index in [4.69, 9.17) is 5.73 Å². The van der Waals surface area contributed by atoms with Crippen molar-refractivity contribution in [1.29, 1.82) is 0 Å². The number of aliphatic imine (C=N–C) groups is 1. The van der Waals surface area contributed by atoms with Crippen molar-refractivity contribution in [2.45, 2.75) is 26.8 Å². The van der Waals surface area contributed by atoms with Gasteiger partial charge in [-0.25, -0.2) is 0 Å². The number of rotatable bonds is 3. The van der Waals surface area contributed by atoms with Gasteiger partial charge in [0, 0.05) is 17.7 Å². The fourth-order valence-electron chi connectivity index (χ4n) is 0.937. The lowest BCUT2D eigenvalue weighted by Crippen LogP contribution is -2.19. The number of aromatic nitrogens is 2. The molecule has 1 aromatic rings. The van der Waals surface area contributed by atoms with Gasteiger partial charge in [-0.2, -0.15) is 5.10 Å². The number of hydrogen-bond acceptors (Lipinski definition) is 2. The first kappa shape index (κ1) is 9.77. The Morgan fingerprint density at radius 1 is 1.54 bits per heavy atom. The molecule has 0 radical (unpaired) electrons. The van der Waals surface area contributed by atoms with Crippen LogP contribution < -0.4 is 5.73 Å². The van der Waals surface area contributed by atoms with Crippen LogP contribution in [0.3, 0.4) is 0 Å². The number of amidine groups is 1. The minimum absolute atomic E-state index is 0.0844. The highest BCUT2D eigenvalue weighted by molar-refractivity contribution is 5.82. The lowest BCUT2D eigenvalue weighted by Gasteiger charge is -2.08. The van der Waals surface area contributed by atoms with E-state index in [9.17, 15) is 0 Å². The van der Waals surface area contributed by atoms with Gasteiger partial charge in [0.25, 0.3) is 0 Å². The largest absolute Gasteiger partial charge is 0.387 e. The molecule has 0 aliphatic rings. The van der Waals surface area contributed by atoms with E-state index in [-0.39, 0.29) is 6.04 Å². The van der Waals surface area contributed by atoms with Crippen LogP contribution in [-0.4, -0.2) is 16.0 Å². The summed E-state index contributed by atoms with van der Waals surface area (Å²) in [5.74, 6) is 0.989. The van der Waals surface area contributed by atoms with Crippen molar-refractivity contribution in [3.05, 3.63) is 18.0 Å². The van der Waals surface area contributed by atoms with Gasteiger partial charge in [0.2, 0.25) is 0 Å². The van der Waals surface area contributed by atoms with Crippen molar-refractivity contribution in [3.63, 3.8) is 0 Å². The van der Waals surface area contributed by atoms with Crippen molar-refractivity contribution in [1.82, 2.24) is 10.2 Å². The SMILES string of the molecule is CC(C)C(N)=NC(C)c1cn[nH]c1. The summed E-state index contributed by atoms with van der Waals surface area (Å²) in [6, 6.07) is 0.0844. The summed E-state index contributed by atoms with van der Waals surface area (Å²) in [6.45, 7) is 6.06. The van der Waals surface area contributed by atoms with E-state index in [0.29, 0.717) is 11.8 Å². The van der Waals surface area contributed by atoms with Gasteiger partial charge in [0.15, 0.2) is 0 Å². The van der Waals surface area contributed by atoms with Gasteiger partial charge in [-0.15, -0.1) is 0 Å². The Bertz CT molecular complexity index is 274. The highest BCUT2D eigenvalue weighted by Crippen LogP contribution is 2.14. The molecular formula is C9H16N4. The number of nitrogens with two attached hydrogens (primary N) is 1. The normalized spacial score (nSPS) is 14.9. The van der Waals surface area contributed by atoms with Crippen LogP contribution in [0.2, 0.25) is 0 Å². The summed E-state index contributed by atoms with van der Waals surface area (Å²) in [7, 11) is 0. The molecule has 1 rings (SSSR count). The average molecular weight is 180 g/mol. The van der Waals surface area contributed by atoms with Crippen LogP contribution in [0.25, 0.3) is 0 Å². The van der Waals surface area contributed by atoms with Crippen molar-refractivity contribution >= 4 is 5.84 Å². The summed E-state index contributed by atoms with van der Waals surface area (Å²) in [5, 5.41) is 6.61. The first-order chi connectivity index (χ1) is 6.11. The van der Waals surface area contributed by atoms with Crippen LogP contribution in [0.1, 0.15) is 32.4 Å². The molecule has 0 aliphatic carbocycles. The number of aromatic amines is 1. The standard InChI is InChI=1S/C9H16N4/c1-6(2)9(10)13-7(3)8-4-11-12-5-8/h4-7H,1-3H3,(H2,10,13)(H,11,12). The first-order valence-electron chi connectivity index (χ1n) is 4.43. The van der Waals surface area contributed by atoms with E-state index in [1.807, 2.05) is 27.0 Å². The highest BCUT2D eigenvalue weighted by Gasteiger charge is 2.06. The molecule has 1 aromatic heterocycles. The van der Waals surface area contributed by atoms with Crippen LogP contribution in [0, 0.1) is 5.92 Å². The van der Waals surface area contributed by atoms with Crippen LogP contribution >= 0.6 is 0 Å². The molecule has 4 heteroatoms. The molecule has 1 atom stereocenters. The van der Waals surface area contributed by atoms with E-state index in [1.165, 1.54) is 0 Å². The van der Waals surface area contributed by atoms with Gasteiger partial charge in [0.1, 0.15) is 0 Å². The quantitative estimate of drug-likeness (QED) is 0.546. The summed E-state index contributed by atoms with van der Waals surface area (Å²) in [6.07, 6.45) is 3.60. The number of nitrogens with zero attached hydrogens (tertiary/aromatic N) is 2. The maximum atomic E-state index is 5.74. The molecule has 0 amide bonds. The third-order valence-electron chi connectivity index (χ3n) is 1.94. The Morgan fingerprint density at radius 3 is 2.69 bits per heavy atom. The molecule has 0 aliphatic heterocycles. The van der Waals surface area contributed by atoms with Crippen molar-refractivity contribution < 1.29 is 0 Å². The van der Waals surface area contributed by atoms with Gasteiger partial charge in [-0.1, -0.05) is 13.8 Å². The highest BCUT2D eigenvalue weighted by atomic mass is 15.1. The molecule has 3 N–H and O–H groups in total. The second-order valence-corrected chi connectivity index (χ2v) is 3.42. The summed E-state index contributed by atoms with van der Waals surface area (Å²) >= 11 is 0. The molecule has 0 fully saturated rings. The summed E-state index contributed by atoms with van der Waals surface area (Å²) in [5.41, 5.74) is 6.80. The second-order valence-electron chi connectivity index (χ2n) is 3.42. The van der Waals surface area contributed by atoms with E-state index < -0.39 is 0 Å². The van der Waals surface area contributed by atoms with Gasteiger partial charge in [-0.3, -0.25) is 10.1 Å². The third-order valence-corrected chi connectivity index (χ3v) is 1.94. The monoisotopic (exact) mass is 180 g/mol. The molecule has 72 valence electrons. The Morgan fingerprint density at radius 2 is 2.23 bits per heavy atom. The Labute approximate surface area is 78.3 Å². The fraction of sp³-hybridized carbons (Fsp3) is 0.556. The van der Waals surface area contributed by atoms with Crippen molar-refractivity contribution in [2.75, 3.05) is 0 Å². The molecule has 0 aromatic carbocycles. The minimum atomic E-state index is 0.0844. The van der Waals surface area contributed by atoms with Crippen LogP contribution in [0.15, 0.2) is 17.4 Å². The topological polar surface area (TPSA) is 67.1 Å². The van der Waals surface area contributed by atoms with Gasteiger partial charge < -0.3 is 5.73 Å². The van der Waals surface area contributed by atoms with E-state index in [0.717, 1.165) is 5.56 Å². The van der Waals surface area contributed by atoms with E-state index in [2.05, 4.69) is 15.2 Å². The van der Waals surface area contributed by atoms with Gasteiger partial charge in [-0.05, 0) is 6.92 Å². The zero-order valence-corrected chi connectivity index (χ0v) is 8.28. The number of H-pyrrole nitrogens is 1. The number of nitrogens with one attached hydrogen (secondary N) is 1. The predicted molar refractivity (Wildman–Crippen MR) is 53.5 cm³/mol. The fourth-order valence-corrected chi connectivity index (χ4v) is 0.937. The van der Waals surface area contributed by atoms with Crippen molar-refractivity contribution in [3.8, 4) is 0 Å². The van der Waals surface area contributed by atoms with E-state index in [1.54, 1.807) is 6.20 Å². The molecule has 1 heterocycles. The first-order valence-corrected chi connectivity index (χ1v) is 4.43. The molecule has 4 nitrogen and oxygen atoms in total. The van der Waals surface area contributed by atoms with Crippen LogP contribution in [0.5, 0.6) is 0 Å². The lowest BCUT2D eigenvalue weighted by molar-refractivity contribution is 0.780. The molecule has 13 heavy (non-hydrogen) atoms. The molecule has 1 unspecified atom stereocenters. The smallest absolute Gasteiger partial charge is 0.0970 e. The Hall–Kier alpha value is -1.32. The van der Waals surface area contributed by atoms with Crippen LogP contribution in [0.4, 0.5) is 0 Å². The summed E-state index contributed by atoms with van der Waals surface area (Å²) < 4.78 is 0. The molecule has 0 saturated heterocycles. The zero-order chi connectivity index (χ0) is 9.84. The Kier molecular flexibility index (Phi) is 3.06. The lowest BCUT2D eigenvalue weighted by atomic mass is 10.1. The maximum Gasteiger partial charge on any atom is 0.0970 e. The van der Waals surface area contributed by atoms with Crippen LogP contribution in [-0.2, 0) is 0 Å². The minimum Gasteiger partial charge on any atom is -0.387 e. The third kappa shape index (κ3) is 2.57. The van der Waals surface area contributed by atoms with Gasteiger partial charge >= 0.3 is 0 Å². The van der Waals surface area contributed by atoms with E-state index >= 15 is 0 Å². The second kappa shape index (κ2) is 4.07. The summed E-state index contributed by atoms with van der Waals surface area (Å²) in [4.78, 5) is 4.35. The predicted octanol–water partition coefficient (Wildman–Crippen LogP) is 1.48. The molecule has 0 spiro atoms. The molecule has 0 saturated carbocycles. The average Bonchev–Trinajstić information content (AvgIpc) is 2.55. The molecular weight excluding hydrogens is 164 g/mol. The maximum absolute atomic E-state index is 5.74. The molecule has 0 bridgehead atoms. The Balaban J connectivity index is 2.70. The van der Waals surface area contributed by atoms with Gasteiger partial charge in [0.05, 0.1) is 18.1 Å². The zero-order valence-electron chi connectivity index (χ0n) is 8.28.